The van der Waals surface area contributed by atoms with Gasteiger partial charge in [0.2, 0.25) is 5.91 Å². The fourth-order valence-electron chi connectivity index (χ4n) is 2.38. The molecule has 2 heterocycles. The third kappa shape index (κ3) is 2.92. The van der Waals surface area contributed by atoms with Gasteiger partial charge >= 0.3 is 0 Å². The third-order valence-corrected chi connectivity index (χ3v) is 4.84. The molecule has 1 aliphatic heterocycles. The molecule has 19 heavy (non-hydrogen) atoms. The second-order valence-electron chi connectivity index (χ2n) is 4.68. The summed E-state index contributed by atoms with van der Waals surface area (Å²) in [5.41, 5.74) is 0.724. The molecule has 2 rings (SSSR count). The van der Waals surface area contributed by atoms with Crippen LogP contribution in [0.4, 0.5) is 0 Å². The fraction of sp³-hybridized carbons (Fsp3) is 0.636. The van der Waals surface area contributed by atoms with Gasteiger partial charge in [-0.3, -0.25) is 9.48 Å². The number of carbonyl (C=O) groups excluding carboxylic acids is 1. The maximum atomic E-state index is 12.0. The SMILES string of the molecule is Cc1nn(CC(=O)N2CCCC2)c(C)c1S(=O)(=O)Cl. The first-order chi connectivity index (χ1) is 8.80. The summed E-state index contributed by atoms with van der Waals surface area (Å²) in [6.45, 7) is 4.75. The van der Waals surface area contributed by atoms with E-state index in [9.17, 15) is 13.2 Å². The minimum atomic E-state index is -3.83. The molecule has 0 atom stereocenters. The smallest absolute Gasteiger partial charge is 0.264 e. The number of aryl methyl sites for hydroxylation is 1. The third-order valence-electron chi connectivity index (χ3n) is 3.30. The van der Waals surface area contributed by atoms with Crippen LogP contribution in [0.1, 0.15) is 24.2 Å². The average molecular weight is 306 g/mol. The topological polar surface area (TPSA) is 72.3 Å². The van der Waals surface area contributed by atoms with Crippen molar-refractivity contribution in [2.24, 2.45) is 0 Å². The van der Waals surface area contributed by atoms with Crippen LogP contribution in [-0.4, -0.2) is 42.1 Å². The first kappa shape index (κ1) is 14.3. The van der Waals surface area contributed by atoms with Crippen molar-refractivity contribution in [3.8, 4) is 0 Å². The van der Waals surface area contributed by atoms with Gasteiger partial charge in [-0.1, -0.05) is 0 Å². The predicted octanol–water partition coefficient (Wildman–Crippen LogP) is 1.05. The first-order valence-corrected chi connectivity index (χ1v) is 8.38. The molecule has 106 valence electrons. The Morgan fingerprint density at radius 3 is 2.37 bits per heavy atom. The second-order valence-corrected chi connectivity index (χ2v) is 7.19. The summed E-state index contributed by atoms with van der Waals surface area (Å²) >= 11 is 0. The maximum Gasteiger partial charge on any atom is 0.264 e. The highest BCUT2D eigenvalue weighted by atomic mass is 35.7. The summed E-state index contributed by atoms with van der Waals surface area (Å²) in [7, 11) is 1.54. The number of carbonyl (C=O) groups is 1. The van der Waals surface area contributed by atoms with Crippen molar-refractivity contribution >= 4 is 25.6 Å². The molecular formula is C11H16ClN3O3S. The van der Waals surface area contributed by atoms with Gasteiger partial charge < -0.3 is 4.90 Å². The van der Waals surface area contributed by atoms with E-state index < -0.39 is 9.05 Å². The van der Waals surface area contributed by atoms with E-state index in [1.807, 2.05) is 0 Å². The monoisotopic (exact) mass is 305 g/mol. The van der Waals surface area contributed by atoms with Crippen molar-refractivity contribution < 1.29 is 13.2 Å². The number of likely N-dealkylation sites (tertiary alicyclic amines) is 1. The summed E-state index contributed by atoms with van der Waals surface area (Å²) < 4.78 is 24.3. The lowest BCUT2D eigenvalue weighted by Gasteiger charge is -2.15. The molecule has 0 bridgehead atoms. The summed E-state index contributed by atoms with van der Waals surface area (Å²) in [4.78, 5) is 13.8. The molecule has 0 radical (unpaired) electrons. The number of hydrogen-bond acceptors (Lipinski definition) is 4. The van der Waals surface area contributed by atoms with E-state index in [0.717, 1.165) is 25.9 Å². The van der Waals surface area contributed by atoms with Crippen molar-refractivity contribution in [1.29, 1.82) is 0 Å². The van der Waals surface area contributed by atoms with Crippen LogP contribution < -0.4 is 0 Å². The van der Waals surface area contributed by atoms with Crippen molar-refractivity contribution in [2.75, 3.05) is 13.1 Å². The number of hydrogen-bond donors (Lipinski definition) is 0. The van der Waals surface area contributed by atoms with Crippen molar-refractivity contribution in [3.63, 3.8) is 0 Å². The Hall–Kier alpha value is -1.08. The quantitative estimate of drug-likeness (QED) is 0.783. The van der Waals surface area contributed by atoms with Crippen molar-refractivity contribution in [3.05, 3.63) is 11.4 Å². The Morgan fingerprint density at radius 1 is 1.32 bits per heavy atom. The molecular weight excluding hydrogens is 290 g/mol. The van der Waals surface area contributed by atoms with E-state index in [-0.39, 0.29) is 17.3 Å². The Bertz CT molecular complexity index is 603. The van der Waals surface area contributed by atoms with Crippen LogP contribution in [-0.2, 0) is 20.4 Å². The molecule has 6 nitrogen and oxygen atoms in total. The van der Waals surface area contributed by atoms with Crippen LogP contribution in [0.3, 0.4) is 0 Å². The second kappa shape index (κ2) is 5.13. The minimum absolute atomic E-state index is 0.00314. The van der Waals surface area contributed by atoms with E-state index >= 15 is 0 Å². The zero-order valence-electron chi connectivity index (χ0n) is 10.9. The molecule has 1 fully saturated rings. The van der Waals surface area contributed by atoms with E-state index in [4.69, 9.17) is 10.7 Å². The normalized spacial score (nSPS) is 16.1. The number of nitrogens with zero attached hydrogens (tertiary/aromatic N) is 3. The molecule has 1 aromatic heterocycles. The number of halogens is 1. The molecule has 1 amide bonds. The van der Waals surface area contributed by atoms with Gasteiger partial charge in [-0.05, 0) is 26.7 Å². The molecule has 0 aliphatic carbocycles. The summed E-state index contributed by atoms with van der Waals surface area (Å²) in [5.74, 6) is -0.0402. The highest BCUT2D eigenvalue weighted by Crippen LogP contribution is 2.23. The Morgan fingerprint density at radius 2 is 1.89 bits per heavy atom. The van der Waals surface area contributed by atoms with Crippen molar-refractivity contribution in [2.45, 2.75) is 38.1 Å². The lowest BCUT2D eigenvalue weighted by Crippen LogP contribution is -2.31. The Kier molecular flexibility index (Phi) is 3.87. The van der Waals surface area contributed by atoms with Crippen LogP contribution >= 0.6 is 10.7 Å². The molecule has 0 spiro atoms. The summed E-state index contributed by atoms with van der Waals surface area (Å²) in [5, 5.41) is 4.09. The minimum Gasteiger partial charge on any atom is -0.341 e. The molecule has 1 saturated heterocycles. The summed E-state index contributed by atoms with van der Waals surface area (Å²) in [6, 6.07) is 0. The summed E-state index contributed by atoms with van der Waals surface area (Å²) in [6.07, 6.45) is 2.04. The predicted molar refractivity (Wildman–Crippen MR) is 70.6 cm³/mol. The number of aromatic nitrogens is 2. The Balaban J connectivity index is 2.25. The molecule has 1 aromatic rings. The van der Waals surface area contributed by atoms with Gasteiger partial charge in [-0.2, -0.15) is 5.10 Å². The first-order valence-electron chi connectivity index (χ1n) is 6.07. The van der Waals surface area contributed by atoms with Crippen LogP contribution in [0.5, 0.6) is 0 Å². The molecule has 0 N–H and O–H groups in total. The van der Waals surface area contributed by atoms with Gasteiger partial charge in [0.05, 0.1) is 11.4 Å². The van der Waals surface area contributed by atoms with E-state index in [2.05, 4.69) is 5.10 Å². The molecule has 0 unspecified atom stereocenters. The molecule has 8 heteroatoms. The van der Waals surface area contributed by atoms with Crippen molar-refractivity contribution in [1.82, 2.24) is 14.7 Å². The highest BCUT2D eigenvalue weighted by molar-refractivity contribution is 8.13. The van der Waals surface area contributed by atoms with Crippen LogP contribution in [0.2, 0.25) is 0 Å². The zero-order valence-corrected chi connectivity index (χ0v) is 12.5. The van der Waals surface area contributed by atoms with Crippen LogP contribution in [0.25, 0.3) is 0 Å². The number of rotatable bonds is 3. The Labute approximate surface area is 116 Å². The van der Waals surface area contributed by atoms with E-state index in [0.29, 0.717) is 11.4 Å². The van der Waals surface area contributed by atoms with Gasteiger partial charge in [0.1, 0.15) is 11.4 Å². The van der Waals surface area contributed by atoms with Gasteiger partial charge in [-0.15, -0.1) is 0 Å². The maximum absolute atomic E-state index is 12.0. The average Bonchev–Trinajstić information content (AvgIpc) is 2.86. The van der Waals surface area contributed by atoms with Crippen LogP contribution in [0.15, 0.2) is 4.90 Å². The molecule has 0 aromatic carbocycles. The molecule has 1 aliphatic rings. The van der Waals surface area contributed by atoms with Gasteiger partial charge in [0.15, 0.2) is 0 Å². The lowest BCUT2D eigenvalue weighted by atomic mass is 10.4. The highest BCUT2D eigenvalue weighted by Gasteiger charge is 2.25. The fourth-order valence-corrected chi connectivity index (χ4v) is 3.90. The van der Waals surface area contributed by atoms with Gasteiger partial charge in [0, 0.05) is 23.8 Å². The largest absolute Gasteiger partial charge is 0.341 e. The van der Waals surface area contributed by atoms with E-state index in [1.54, 1.807) is 18.7 Å². The number of amides is 1. The molecule has 0 saturated carbocycles. The van der Waals surface area contributed by atoms with Crippen LogP contribution in [0, 0.1) is 13.8 Å². The standard InChI is InChI=1S/C11H16ClN3O3S/c1-8-11(19(12,17)18)9(2)15(13-8)7-10(16)14-5-3-4-6-14/h3-7H2,1-2H3. The van der Waals surface area contributed by atoms with Gasteiger partial charge in [-0.25, -0.2) is 8.42 Å². The van der Waals surface area contributed by atoms with E-state index in [1.165, 1.54) is 4.68 Å². The van der Waals surface area contributed by atoms with Gasteiger partial charge in [0.25, 0.3) is 9.05 Å². The lowest BCUT2D eigenvalue weighted by molar-refractivity contribution is -0.131. The zero-order chi connectivity index (χ0) is 14.2.